The van der Waals surface area contributed by atoms with Crippen LogP contribution < -0.4 is 9.64 Å². The fourth-order valence-electron chi connectivity index (χ4n) is 3.75. The zero-order valence-corrected chi connectivity index (χ0v) is 14.4. The zero-order valence-electron chi connectivity index (χ0n) is 14.4. The van der Waals surface area contributed by atoms with Crippen LogP contribution in [0, 0.1) is 6.92 Å². The Morgan fingerprint density at radius 1 is 1.17 bits per heavy atom. The minimum Gasteiger partial charge on any atom is -0.487 e. The van der Waals surface area contributed by atoms with Gasteiger partial charge in [0.2, 0.25) is 0 Å². The molecule has 2 heterocycles. The van der Waals surface area contributed by atoms with Crippen molar-refractivity contribution in [2.24, 2.45) is 0 Å². The molecule has 0 spiro atoms. The monoisotopic (exact) mass is 324 g/mol. The number of benzene rings is 1. The molecule has 3 aliphatic rings. The summed E-state index contributed by atoms with van der Waals surface area (Å²) < 4.78 is 8.47. The van der Waals surface area contributed by atoms with E-state index in [2.05, 4.69) is 51.7 Å². The van der Waals surface area contributed by atoms with Crippen molar-refractivity contribution in [2.75, 3.05) is 11.4 Å². The van der Waals surface area contributed by atoms with E-state index in [9.17, 15) is 0 Å². The average molecular weight is 324 g/mol. The van der Waals surface area contributed by atoms with Crippen LogP contribution in [0.25, 0.3) is 0 Å². The quantitative estimate of drug-likeness (QED) is 0.862. The molecule has 5 nitrogen and oxygen atoms in total. The van der Waals surface area contributed by atoms with Crippen molar-refractivity contribution in [3.63, 3.8) is 0 Å². The summed E-state index contributed by atoms with van der Waals surface area (Å²) in [6.07, 6.45) is 5.31. The van der Waals surface area contributed by atoms with Crippen LogP contribution in [0.2, 0.25) is 0 Å². The summed E-state index contributed by atoms with van der Waals surface area (Å²) in [5.41, 5.74) is 2.45. The highest BCUT2D eigenvalue weighted by atomic mass is 16.5. The lowest BCUT2D eigenvalue weighted by Gasteiger charge is -2.35. The van der Waals surface area contributed by atoms with Gasteiger partial charge in [-0.15, -0.1) is 10.2 Å². The molecule has 0 radical (unpaired) electrons. The minimum atomic E-state index is 0.195. The van der Waals surface area contributed by atoms with Gasteiger partial charge in [-0.3, -0.25) is 0 Å². The smallest absolute Gasteiger partial charge is 0.152 e. The van der Waals surface area contributed by atoms with Gasteiger partial charge < -0.3 is 14.2 Å². The van der Waals surface area contributed by atoms with Crippen molar-refractivity contribution in [2.45, 2.75) is 64.1 Å². The Hall–Kier alpha value is -2.04. The molecular formula is C19H24N4O. The number of rotatable bonds is 4. The second-order valence-electron chi connectivity index (χ2n) is 7.63. The van der Waals surface area contributed by atoms with Crippen molar-refractivity contribution < 1.29 is 4.74 Å². The molecule has 0 amide bonds. The maximum Gasteiger partial charge on any atom is 0.152 e. The Bertz CT molecular complexity index is 776. The topological polar surface area (TPSA) is 43.2 Å². The third-order valence-electron chi connectivity index (χ3n) is 5.24. The first-order valence-electron chi connectivity index (χ1n) is 9.15. The molecule has 2 saturated carbocycles. The first-order valence-corrected chi connectivity index (χ1v) is 9.15. The summed E-state index contributed by atoms with van der Waals surface area (Å²) in [7, 11) is 0. The molecule has 2 fully saturated rings. The van der Waals surface area contributed by atoms with E-state index in [4.69, 9.17) is 4.74 Å². The first kappa shape index (κ1) is 14.3. The third kappa shape index (κ3) is 2.46. The van der Waals surface area contributed by atoms with Gasteiger partial charge in [0.25, 0.3) is 0 Å². The van der Waals surface area contributed by atoms with Gasteiger partial charge in [0.05, 0.1) is 18.8 Å². The molecule has 1 atom stereocenters. The first-order chi connectivity index (χ1) is 11.7. The number of anilines is 1. The molecule has 126 valence electrons. The molecule has 1 unspecified atom stereocenters. The van der Waals surface area contributed by atoms with E-state index >= 15 is 0 Å². The molecular weight excluding hydrogens is 300 g/mol. The highest BCUT2D eigenvalue weighted by Crippen LogP contribution is 2.45. The maximum atomic E-state index is 6.01. The molecule has 0 N–H and O–H groups in total. The number of fused-ring (bicyclic) bond motifs is 1. The Labute approximate surface area is 142 Å². The van der Waals surface area contributed by atoms with Gasteiger partial charge in [-0.2, -0.15) is 0 Å². The lowest BCUT2D eigenvalue weighted by atomic mass is 10.1. The number of hydrogen-bond acceptors (Lipinski definition) is 4. The fraction of sp³-hybridized carbons (Fsp3) is 0.579. The highest BCUT2D eigenvalue weighted by Gasteiger charge is 2.37. The van der Waals surface area contributed by atoms with Crippen LogP contribution in [0.5, 0.6) is 5.75 Å². The number of hydrogen-bond donors (Lipinski definition) is 0. The molecule has 1 aliphatic heterocycles. The Morgan fingerprint density at radius 3 is 2.75 bits per heavy atom. The van der Waals surface area contributed by atoms with Gasteiger partial charge in [-0.05, 0) is 57.2 Å². The summed E-state index contributed by atoms with van der Waals surface area (Å²) in [5.74, 6) is 4.00. The van der Waals surface area contributed by atoms with Crippen molar-refractivity contribution in [1.29, 1.82) is 0 Å². The third-order valence-corrected chi connectivity index (χ3v) is 5.24. The molecule has 1 aromatic carbocycles. The van der Waals surface area contributed by atoms with Gasteiger partial charge in [0.1, 0.15) is 17.7 Å². The Balaban J connectivity index is 1.49. The lowest BCUT2D eigenvalue weighted by Crippen LogP contribution is -2.38. The van der Waals surface area contributed by atoms with Crippen LogP contribution in [0.1, 0.15) is 61.8 Å². The SMILES string of the molecule is Cc1ccc2c(c1)N(Cc1nnc(C3CC3)n1C1CC1)CC(C)O2. The standard InChI is InChI=1S/C19H24N4O/c1-12-3-8-17-16(9-12)22(10-13(2)24-17)11-18-20-21-19(14-4-5-14)23(18)15-6-7-15/h3,8-9,13-15H,4-7,10-11H2,1-2H3. The fourth-order valence-corrected chi connectivity index (χ4v) is 3.75. The van der Waals surface area contributed by atoms with Crippen LogP contribution in [-0.2, 0) is 6.54 Å². The number of ether oxygens (including phenoxy) is 1. The van der Waals surface area contributed by atoms with Crippen molar-refractivity contribution >= 4 is 5.69 Å². The number of aromatic nitrogens is 3. The normalized spacial score (nSPS) is 23.1. The molecule has 5 heteroatoms. The predicted octanol–water partition coefficient (Wildman–Crippen LogP) is 3.59. The molecule has 2 aromatic rings. The molecule has 0 bridgehead atoms. The summed E-state index contributed by atoms with van der Waals surface area (Å²) in [6.45, 7) is 5.98. The summed E-state index contributed by atoms with van der Waals surface area (Å²) in [5, 5.41) is 9.14. The van der Waals surface area contributed by atoms with E-state index in [0.29, 0.717) is 12.0 Å². The highest BCUT2D eigenvalue weighted by molar-refractivity contribution is 5.61. The van der Waals surface area contributed by atoms with E-state index in [-0.39, 0.29) is 6.10 Å². The van der Waals surface area contributed by atoms with Gasteiger partial charge in [-0.1, -0.05) is 6.07 Å². The molecule has 5 rings (SSSR count). The molecule has 24 heavy (non-hydrogen) atoms. The second kappa shape index (κ2) is 5.23. The van der Waals surface area contributed by atoms with E-state index in [1.807, 2.05) is 0 Å². The molecule has 1 aromatic heterocycles. The van der Waals surface area contributed by atoms with Crippen molar-refractivity contribution in [3.8, 4) is 5.75 Å². The zero-order chi connectivity index (χ0) is 16.3. The van der Waals surface area contributed by atoms with Gasteiger partial charge in [-0.25, -0.2) is 0 Å². The summed E-state index contributed by atoms with van der Waals surface area (Å²) in [4.78, 5) is 2.41. The Kier molecular flexibility index (Phi) is 3.12. The van der Waals surface area contributed by atoms with Crippen LogP contribution in [0.4, 0.5) is 5.69 Å². The van der Waals surface area contributed by atoms with E-state index < -0.39 is 0 Å². The summed E-state index contributed by atoms with van der Waals surface area (Å²) >= 11 is 0. The number of aryl methyl sites for hydroxylation is 1. The van der Waals surface area contributed by atoms with E-state index in [0.717, 1.165) is 24.7 Å². The van der Waals surface area contributed by atoms with Crippen LogP contribution in [0.15, 0.2) is 18.2 Å². The summed E-state index contributed by atoms with van der Waals surface area (Å²) in [6, 6.07) is 7.07. The maximum absolute atomic E-state index is 6.01. The van der Waals surface area contributed by atoms with Crippen molar-refractivity contribution in [1.82, 2.24) is 14.8 Å². The largest absolute Gasteiger partial charge is 0.487 e. The van der Waals surface area contributed by atoms with Gasteiger partial charge in [0.15, 0.2) is 5.82 Å². The van der Waals surface area contributed by atoms with Crippen LogP contribution >= 0.6 is 0 Å². The van der Waals surface area contributed by atoms with Gasteiger partial charge >= 0.3 is 0 Å². The Morgan fingerprint density at radius 2 is 2.00 bits per heavy atom. The van der Waals surface area contributed by atoms with E-state index in [1.54, 1.807) is 0 Å². The number of nitrogens with zero attached hydrogens (tertiary/aromatic N) is 4. The van der Waals surface area contributed by atoms with Crippen molar-refractivity contribution in [3.05, 3.63) is 35.4 Å². The molecule has 0 saturated heterocycles. The van der Waals surface area contributed by atoms with Crippen LogP contribution in [0.3, 0.4) is 0 Å². The molecule has 2 aliphatic carbocycles. The minimum absolute atomic E-state index is 0.195. The lowest BCUT2D eigenvalue weighted by molar-refractivity contribution is 0.211. The predicted molar refractivity (Wildman–Crippen MR) is 92.6 cm³/mol. The second-order valence-corrected chi connectivity index (χ2v) is 7.63. The van der Waals surface area contributed by atoms with E-state index in [1.165, 1.54) is 42.8 Å². The van der Waals surface area contributed by atoms with Gasteiger partial charge in [0, 0.05) is 12.0 Å². The van der Waals surface area contributed by atoms with Crippen LogP contribution in [-0.4, -0.2) is 27.4 Å². The average Bonchev–Trinajstić information content (AvgIpc) is 3.47.